The number of amides is 2. The highest BCUT2D eigenvalue weighted by Crippen LogP contribution is 2.31. The molecule has 0 heterocycles. The van der Waals surface area contributed by atoms with Gasteiger partial charge in [-0.1, -0.05) is 72.3 Å². The van der Waals surface area contributed by atoms with Crippen LogP contribution in [0.15, 0.2) is 83.8 Å². The van der Waals surface area contributed by atoms with Crippen molar-refractivity contribution in [2.75, 3.05) is 5.32 Å². The van der Waals surface area contributed by atoms with Crippen LogP contribution in [0.5, 0.6) is 0 Å². The van der Waals surface area contributed by atoms with Crippen LogP contribution in [0, 0.1) is 0 Å². The first kappa shape index (κ1) is 28.3. The maximum atomic E-state index is 11.5. The summed E-state index contributed by atoms with van der Waals surface area (Å²) in [5.74, 6) is 0.876. The molecule has 0 aliphatic carbocycles. The Morgan fingerprint density at radius 1 is 1.00 bits per heavy atom. The number of carbonyl (C=O) groups excluding carboxylic acids is 2. The lowest BCUT2D eigenvalue weighted by Gasteiger charge is -2.22. The molecule has 2 N–H and O–H groups in total. The van der Waals surface area contributed by atoms with E-state index in [0.29, 0.717) is 17.1 Å². The molecule has 0 aliphatic rings. The van der Waals surface area contributed by atoms with E-state index < -0.39 is 5.60 Å². The van der Waals surface area contributed by atoms with E-state index in [0.717, 1.165) is 17.1 Å². The van der Waals surface area contributed by atoms with Crippen molar-refractivity contribution >= 4 is 41.6 Å². The second-order valence-corrected chi connectivity index (χ2v) is 10.3. The maximum Gasteiger partial charge on any atom is 0.407 e. The molecule has 1 atom stereocenters. The minimum Gasteiger partial charge on any atom is -0.444 e. The summed E-state index contributed by atoms with van der Waals surface area (Å²) in [5.41, 5.74) is 2.72. The van der Waals surface area contributed by atoms with Crippen LogP contribution >= 0.6 is 23.4 Å². The molecule has 0 aliphatic heterocycles. The molecule has 3 aromatic carbocycles. The molecule has 5 nitrogen and oxygen atoms in total. The smallest absolute Gasteiger partial charge is 0.407 e. The average molecular weight is 513 g/mol. The van der Waals surface area contributed by atoms with Crippen molar-refractivity contribution in [1.82, 2.24) is 5.32 Å². The summed E-state index contributed by atoms with van der Waals surface area (Å²) in [6.45, 7) is 7.54. The summed E-state index contributed by atoms with van der Waals surface area (Å²) in [7, 11) is 0. The van der Waals surface area contributed by atoms with Gasteiger partial charge in [-0.3, -0.25) is 4.79 Å². The number of carbonyl (C=O) groups is 2. The maximum absolute atomic E-state index is 11.5. The van der Waals surface area contributed by atoms with Crippen LogP contribution < -0.4 is 10.6 Å². The van der Waals surface area contributed by atoms with Gasteiger partial charge in [0.15, 0.2) is 0 Å². The Hall–Kier alpha value is -2.96. The number of alkyl carbamates (subject to hydrolysis) is 1. The van der Waals surface area contributed by atoms with Crippen LogP contribution in [0.3, 0.4) is 0 Å². The highest BCUT2D eigenvalue weighted by Gasteiger charge is 2.17. The molecule has 0 radical (unpaired) electrons. The zero-order valence-electron chi connectivity index (χ0n) is 20.6. The Bertz CT molecular complexity index is 1060. The lowest BCUT2D eigenvalue weighted by Crippen LogP contribution is -2.38. The topological polar surface area (TPSA) is 67.4 Å². The second kappa shape index (κ2) is 14.4. The number of hydrogen-bond acceptors (Lipinski definition) is 4. The van der Waals surface area contributed by atoms with Gasteiger partial charge in [-0.05, 0) is 63.4 Å². The number of hydrogen-bond donors (Lipinski definition) is 2. The Labute approximate surface area is 217 Å². The predicted octanol–water partition coefficient (Wildman–Crippen LogP) is 7.34. The summed E-state index contributed by atoms with van der Waals surface area (Å²) in [5, 5.41) is 6.05. The normalized spacial score (nSPS) is 11.5. The molecule has 0 saturated heterocycles. The number of rotatable bonds is 8. The summed E-state index contributed by atoms with van der Waals surface area (Å²) in [6, 6.07) is 25.9. The van der Waals surface area contributed by atoms with Gasteiger partial charge < -0.3 is 15.4 Å². The van der Waals surface area contributed by atoms with Crippen LogP contribution in [0.2, 0.25) is 5.02 Å². The molecular weight excluding hydrogens is 480 g/mol. The number of benzene rings is 3. The molecule has 0 saturated carbocycles. The van der Waals surface area contributed by atoms with Gasteiger partial charge in [0, 0.05) is 22.4 Å². The first-order valence-electron chi connectivity index (χ1n) is 11.4. The number of thioether (sulfide) groups is 1. The van der Waals surface area contributed by atoms with E-state index in [1.807, 2.05) is 88.4 Å². The molecule has 3 rings (SSSR count). The van der Waals surface area contributed by atoms with Crippen molar-refractivity contribution < 1.29 is 14.3 Å². The van der Waals surface area contributed by atoms with E-state index in [1.165, 1.54) is 11.1 Å². The predicted molar refractivity (Wildman–Crippen MR) is 146 cm³/mol. The lowest BCUT2D eigenvalue weighted by atomic mass is 10.1. The fraction of sp³-hybridized carbons (Fsp3) is 0.286. The summed E-state index contributed by atoms with van der Waals surface area (Å²) in [6.07, 6.45) is 1.09. The molecule has 1 unspecified atom stereocenters. The number of nitrogens with one attached hydrogen (secondary N) is 2. The monoisotopic (exact) mass is 512 g/mol. The number of ether oxygens (including phenoxy) is 1. The van der Waals surface area contributed by atoms with E-state index in [-0.39, 0.29) is 12.1 Å². The van der Waals surface area contributed by atoms with Crippen molar-refractivity contribution in [3.05, 3.63) is 95.0 Å². The van der Waals surface area contributed by atoms with Crippen LogP contribution in [0.25, 0.3) is 0 Å². The zero-order valence-corrected chi connectivity index (χ0v) is 22.2. The summed E-state index contributed by atoms with van der Waals surface area (Å²) in [4.78, 5) is 22.9. The van der Waals surface area contributed by atoms with Crippen molar-refractivity contribution in [3.63, 3.8) is 0 Å². The van der Waals surface area contributed by atoms with Gasteiger partial charge in [0.1, 0.15) is 5.60 Å². The molecule has 3 aromatic rings. The quantitative estimate of drug-likeness (QED) is 0.244. The molecule has 0 fully saturated rings. The number of anilines is 1. The van der Waals surface area contributed by atoms with Gasteiger partial charge in [0.2, 0.25) is 6.41 Å². The largest absolute Gasteiger partial charge is 0.444 e. The third-order valence-corrected chi connectivity index (χ3v) is 6.11. The molecule has 2 amide bonds. The third kappa shape index (κ3) is 11.8. The Balaban J connectivity index is 0.000000247. The molecule has 0 spiro atoms. The van der Waals surface area contributed by atoms with Crippen molar-refractivity contribution in [3.8, 4) is 0 Å². The summed E-state index contributed by atoms with van der Waals surface area (Å²) >= 11 is 7.83. The molecule has 35 heavy (non-hydrogen) atoms. The standard InChI is InChI=1S/C14H12ClNOS.C14H21NO2/c15-13-8-12(16-10-17)6-7-14(13)18-9-11-4-2-1-3-5-11;1-11(10-12-8-6-5-7-9-12)15-13(16)17-14(2,3)4/h1-8,10H,9H2,(H,16,17);5-9,11H,10H2,1-4H3,(H,15,16). The lowest BCUT2D eigenvalue weighted by molar-refractivity contribution is -0.105. The van der Waals surface area contributed by atoms with Gasteiger partial charge in [-0.25, -0.2) is 4.79 Å². The van der Waals surface area contributed by atoms with Crippen molar-refractivity contribution in [2.45, 2.75) is 56.4 Å². The molecule has 7 heteroatoms. The SMILES string of the molecule is CC(Cc1ccccc1)NC(=O)OC(C)(C)C.O=CNc1ccc(SCc2ccccc2)c(Cl)c1. The van der Waals surface area contributed by atoms with Crippen molar-refractivity contribution in [1.29, 1.82) is 0 Å². The first-order valence-corrected chi connectivity index (χ1v) is 12.7. The van der Waals surface area contributed by atoms with Crippen molar-refractivity contribution in [2.24, 2.45) is 0 Å². The van der Waals surface area contributed by atoms with Gasteiger partial charge in [0.25, 0.3) is 0 Å². The van der Waals surface area contributed by atoms with E-state index in [1.54, 1.807) is 17.8 Å². The minimum atomic E-state index is -0.448. The van der Waals surface area contributed by atoms with E-state index >= 15 is 0 Å². The van der Waals surface area contributed by atoms with Crippen LogP contribution in [0.1, 0.15) is 38.8 Å². The number of halogens is 1. The van der Waals surface area contributed by atoms with Gasteiger partial charge >= 0.3 is 6.09 Å². The summed E-state index contributed by atoms with van der Waals surface area (Å²) < 4.78 is 5.20. The molecular formula is C28H33ClN2O3S. The molecule has 0 bridgehead atoms. The van der Waals surface area contributed by atoms with E-state index in [4.69, 9.17) is 16.3 Å². The zero-order chi connectivity index (χ0) is 25.7. The Kier molecular flexibility index (Phi) is 11.7. The second-order valence-electron chi connectivity index (χ2n) is 8.92. The van der Waals surface area contributed by atoms with Crippen LogP contribution in [-0.4, -0.2) is 24.1 Å². The van der Waals surface area contributed by atoms with Gasteiger partial charge in [-0.15, -0.1) is 11.8 Å². The van der Waals surface area contributed by atoms with Crippen LogP contribution in [0.4, 0.5) is 10.5 Å². The first-order chi connectivity index (χ1) is 16.7. The van der Waals surface area contributed by atoms with Gasteiger partial charge in [-0.2, -0.15) is 0 Å². The van der Waals surface area contributed by atoms with Gasteiger partial charge in [0.05, 0.1) is 5.02 Å². The molecule has 0 aromatic heterocycles. The van der Waals surface area contributed by atoms with Crippen LogP contribution in [-0.2, 0) is 21.7 Å². The van der Waals surface area contributed by atoms with E-state index in [2.05, 4.69) is 22.8 Å². The Morgan fingerprint density at radius 2 is 1.60 bits per heavy atom. The van der Waals surface area contributed by atoms with E-state index in [9.17, 15) is 9.59 Å². The average Bonchev–Trinajstić information content (AvgIpc) is 2.79. The highest BCUT2D eigenvalue weighted by molar-refractivity contribution is 7.98. The fourth-order valence-corrected chi connectivity index (χ4v) is 4.26. The Morgan fingerprint density at radius 3 is 2.14 bits per heavy atom. The fourth-order valence-electron chi connectivity index (χ4n) is 3.04. The molecule has 186 valence electrons. The third-order valence-electron chi connectivity index (χ3n) is 4.54. The minimum absolute atomic E-state index is 0.0623. The highest BCUT2D eigenvalue weighted by atomic mass is 35.5.